The molecule has 2 N–H and O–H groups in total. The number of amides is 2. The number of alkyl halides is 3. The highest BCUT2D eigenvalue weighted by Crippen LogP contribution is 2.26. The fraction of sp³-hybridized carbons (Fsp3) is 0.364. The average molecular weight is 435 g/mol. The van der Waals surface area contributed by atoms with E-state index in [1.165, 1.54) is 18.2 Å². The lowest BCUT2D eigenvalue weighted by molar-refractivity contribution is -0.274. The molecule has 0 atom stereocenters. The molecule has 0 saturated carbocycles. The van der Waals surface area contributed by atoms with Gasteiger partial charge in [0.05, 0.1) is 6.54 Å². The molecule has 0 spiro atoms. The molecule has 1 saturated heterocycles. The number of hydrogen-bond acceptors (Lipinski definition) is 4. The largest absolute Gasteiger partial charge is 0.573 e. The highest BCUT2D eigenvalue weighted by molar-refractivity contribution is 5.94. The third-order valence-electron chi connectivity index (χ3n) is 5.00. The molecule has 0 aromatic heterocycles. The Labute approximate surface area is 178 Å². The predicted molar refractivity (Wildman–Crippen MR) is 108 cm³/mol. The van der Waals surface area contributed by atoms with E-state index in [4.69, 9.17) is 0 Å². The zero-order valence-corrected chi connectivity index (χ0v) is 16.8. The Morgan fingerprint density at radius 2 is 1.65 bits per heavy atom. The molecule has 2 aromatic carbocycles. The summed E-state index contributed by atoms with van der Waals surface area (Å²) in [6.07, 6.45) is -3.36. The Morgan fingerprint density at radius 3 is 2.32 bits per heavy atom. The van der Waals surface area contributed by atoms with Crippen LogP contribution in [0.1, 0.15) is 28.8 Å². The molecule has 1 aliphatic rings. The van der Waals surface area contributed by atoms with E-state index in [-0.39, 0.29) is 42.3 Å². The van der Waals surface area contributed by atoms with E-state index in [1.807, 2.05) is 23.1 Å². The summed E-state index contributed by atoms with van der Waals surface area (Å²) < 4.78 is 41.5. The molecule has 166 valence electrons. The average Bonchev–Trinajstić information content (AvgIpc) is 2.74. The van der Waals surface area contributed by atoms with Crippen molar-refractivity contribution in [1.82, 2.24) is 15.5 Å². The van der Waals surface area contributed by atoms with Gasteiger partial charge in [-0.15, -0.1) is 13.2 Å². The van der Waals surface area contributed by atoms with Crippen LogP contribution in [0.5, 0.6) is 5.75 Å². The molecule has 0 unspecified atom stereocenters. The van der Waals surface area contributed by atoms with Crippen molar-refractivity contribution in [3.05, 3.63) is 65.7 Å². The van der Waals surface area contributed by atoms with Gasteiger partial charge in [-0.05, 0) is 31.0 Å². The number of nitrogens with zero attached hydrogens (tertiary/aromatic N) is 1. The third kappa shape index (κ3) is 7.29. The van der Waals surface area contributed by atoms with Crippen molar-refractivity contribution in [2.45, 2.75) is 31.8 Å². The summed E-state index contributed by atoms with van der Waals surface area (Å²) >= 11 is 0. The van der Waals surface area contributed by atoms with Crippen LogP contribution >= 0.6 is 0 Å². The van der Waals surface area contributed by atoms with Crippen molar-refractivity contribution in [3.63, 3.8) is 0 Å². The first-order valence-corrected chi connectivity index (χ1v) is 9.99. The minimum atomic E-state index is -4.79. The standard InChI is InChI=1S/C22H24F3N3O3/c23-22(24,25)31-19-9-5-4-8-17(19)14-26-20(29)15-28-12-10-18(11-13-28)27-21(30)16-6-2-1-3-7-16/h1-9,18H,10-15H2,(H,26,29)(H,27,30). The number of ether oxygens (including phenoxy) is 1. The fourth-order valence-corrected chi connectivity index (χ4v) is 3.42. The first kappa shape index (κ1) is 22.6. The number of rotatable bonds is 7. The number of likely N-dealkylation sites (tertiary alicyclic amines) is 1. The van der Waals surface area contributed by atoms with Gasteiger partial charge in [0, 0.05) is 36.8 Å². The summed E-state index contributed by atoms with van der Waals surface area (Å²) in [4.78, 5) is 26.4. The molecular weight excluding hydrogens is 411 g/mol. The minimum absolute atomic E-state index is 0.0402. The van der Waals surface area contributed by atoms with E-state index in [1.54, 1.807) is 18.2 Å². The van der Waals surface area contributed by atoms with E-state index >= 15 is 0 Å². The number of halogens is 3. The molecule has 31 heavy (non-hydrogen) atoms. The second-order valence-electron chi connectivity index (χ2n) is 7.32. The van der Waals surface area contributed by atoms with Crippen molar-refractivity contribution in [2.75, 3.05) is 19.6 Å². The smallest absolute Gasteiger partial charge is 0.405 e. The van der Waals surface area contributed by atoms with Gasteiger partial charge in [0.15, 0.2) is 0 Å². The maximum atomic E-state index is 12.5. The van der Waals surface area contributed by atoms with Crippen LogP contribution in [-0.4, -0.2) is 48.8 Å². The molecule has 6 nitrogen and oxygen atoms in total. The van der Waals surface area contributed by atoms with Crippen LogP contribution in [0.4, 0.5) is 13.2 Å². The maximum Gasteiger partial charge on any atom is 0.573 e. The van der Waals surface area contributed by atoms with Gasteiger partial charge in [-0.1, -0.05) is 36.4 Å². The Hall–Kier alpha value is -3.07. The topological polar surface area (TPSA) is 70.7 Å². The normalized spacial score (nSPS) is 15.3. The van der Waals surface area contributed by atoms with Crippen LogP contribution < -0.4 is 15.4 Å². The molecule has 2 aromatic rings. The molecule has 1 aliphatic heterocycles. The lowest BCUT2D eigenvalue weighted by Gasteiger charge is -2.31. The van der Waals surface area contributed by atoms with Gasteiger partial charge in [0.1, 0.15) is 5.75 Å². The van der Waals surface area contributed by atoms with Crippen molar-refractivity contribution in [1.29, 1.82) is 0 Å². The lowest BCUT2D eigenvalue weighted by atomic mass is 10.0. The second-order valence-corrected chi connectivity index (χ2v) is 7.32. The van der Waals surface area contributed by atoms with Crippen molar-refractivity contribution in [2.24, 2.45) is 0 Å². The number of hydrogen-bond donors (Lipinski definition) is 2. The number of benzene rings is 2. The van der Waals surface area contributed by atoms with E-state index in [9.17, 15) is 22.8 Å². The second kappa shape index (κ2) is 10.3. The van der Waals surface area contributed by atoms with Crippen LogP contribution in [0.25, 0.3) is 0 Å². The van der Waals surface area contributed by atoms with Crippen molar-refractivity contribution in [3.8, 4) is 5.75 Å². The van der Waals surface area contributed by atoms with Crippen molar-refractivity contribution < 1.29 is 27.5 Å². The summed E-state index contributed by atoms with van der Waals surface area (Å²) in [5.74, 6) is -0.726. The summed E-state index contributed by atoms with van der Waals surface area (Å²) in [6.45, 7) is 1.36. The van der Waals surface area contributed by atoms with E-state index in [2.05, 4.69) is 15.4 Å². The molecule has 1 fully saturated rings. The van der Waals surface area contributed by atoms with Crippen LogP contribution in [0.2, 0.25) is 0 Å². The Bertz CT molecular complexity index is 882. The summed E-state index contributed by atoms with van der Waals surface area (Å²) in [6, 6.07) is 14.7. The Balaban J connectivity index is 1.41. The predicted octanol–water partition coefficient (Wildman–Crippen LogP) is 3.10. The van der Waals surface area contributed by atoms with Gasteiger partial charge in [-0.2, -0.15) is 0 Å². The molecule has 3 rings (SSSR count). The van der Waals surface area contributed by atoms with E-state index in [0.717, 1.165) is 0 Å². The number of carbonyl (C=O) groups is 2. The van der Waals surface area contributed by atoms with Gasteiger partial charge in [0.25, 0.3) is 5.91 Å². The SMILES string of the molecule is O=C(CN1CCC(NC(=O)c2ccccc2)CC1)NCc1ccccc1OC(F)(F)F. The van der Waals surface area contributed by atoms with Crippen LogP contribution in [-0.2, 0) is 11.3 Å². The van der Waals surface area contributed by atoms with E-state index in [0.29, 0.717) is 31.5 Å². The van der Waals surface area contributed by atoms with Crippen LogP contribution in [0, 0.1) is 0 Å². The highest BCUT2D eigenvalue weighted by Gasteiger charge is 2.32. The van der Waals surface area contributed by atoms with Gasteiger partial charge >= 0.3 is 6.36 Å². The third-order valence-corrected chi connectivity index (χ3v) is 5.00. The minimum Gasteiger partial charge on any atom is -0.405 e. The first-order valence-electron chi connectivity index (χ1n) is 9.99. The van der Waals surface area contributed by atoms with Gasteiger partial charge in [0.2, 0.25) is 5.91 Å². The van der Waals surface area contributed by atoms with Gasteiger partial charge in [-0.25, -0.2) is 0 Å². The highest BCUT2D eigenvalue weighted by atomic mass is 19.4. The lowest BCUT2D eigenvalue weighted by Crippen LogP contribution is -2.47. The number of piperidine rings is 1. The first-order chi connectivity index (χ1) is 14.8. The molecule has 0 radical (unpaired) electrons. The zero-order chi connectivity index (χ0) is 22.3. The molecule has 9 heteroatoms. The van der Waals surface area contributed by atoms with E-state index < -0.39 is 6.36 Å². The van der Waals surface area contributed by atoms with Gasteiger partial charge < -0.3 is 15.4 Å². The molecular formula is C22H24F3N3O3. The summed E-state index contributed by atoms with van der Waals surface area (Å²) in [5.41, 5.74) is 0.856. The van der Waals surface area contributed by atoms with Crippen molar-refractivity contribution >= 4 is 11.8 Å². The zero-order valence-electron chi connectivity index (χ0n) is 16.8. The number of para-hydroxylation sites is 1. The molecule has 1 heterocycles. The molecule has 0 aliphatic carbocycles. The van der Waals surface area contributed by atoms with Gasteiger partial charge in [-0.3, -0.25) is 14.5 Å². The quantitative estimate of drug-likeness (QED) is 0.701. The summed E-state index contributed by atoms with van der Waals surface area (Å²) in [7, 11) is 0. The molecule has 2 amide bonds. The number of nitrogens with one attached hydrogen (secondary N) is 2. The maximum absolute atomic E-state index is 12.5. The van der Waals surface area contributed by atoms with Crippen LogP contribution in [0.15, 0.2) is 54.6 Å². The summed E-state index contributed by atoms with van der Waals surface area (Å²) in [5, 5.41) is 5.65. The molecule has 0 bridgehead atoms. The Morgan fingerprint density at radius 1 is 1.00 bits per heavy atom. The Kier molecular flexibility index (Phi) is 7.51. The van der Waals surface area contributed by atoms with Crippen LogP contribution in [0.3, 0.4) is 0 Å². The monoisotopic (exact) mass is 435 g/mol. The number of carbonyl (C=O) groups excluding carboxylic acids is 2. The fourth-order valence-electron chi connectivity index (χ4n) is 3.42.